The molecule has 0 heterocycles. The molecule has 0 bridgehead atoms. The van der Waals surface area contributed by atoms with Crippen molar-refractivity contribution in [2.45, 2.75) is 66.0 Å². The number of nitrogens with one attached hydrogen (secondary N) is 1. The normalized spacial score (nSPS) is 11.5. The third kappa shape index (κ3) is 8.88. The fourth-order valence-electron chi connectivity index (χ4n) is 4.54. The van der Waals surface area contributed by atoms with E-state index in [-0.39, 0.29) is 18.2 Å². The molecule has 6 nitrogen and oxygen atoms in total. The zero-order valence-electron chi connectivity index (χ0n) is 23.7. The van der Waals surface area contributed by atoms with Gasteiger partial charge in [0.25, 0.3) is 0 Å². The molecule has 0 aliphatic carbocycles. The van der Waals surface area contributed by atoms with Crippen molar-refractivity contribution in [1.82, 2.24) is 10.2 Å². The largest absolute Gasteiger partial charge is 0.490 e. The fraction of sp³-hybridized carbons (Fsp3) is 0.394. The Bertz CT molecular complexity index is 1200. The number of nitrogens with zero attached hydrogens (tertiary/aromatic N) is 1. The van der Waals surface area contributed by atoms with E-state index in [1.165, 1.54) is 0 Å². The highest BCUT2D eigenvalue weighted by Crippen LogP contribution is 2.29. The summed E-state index contributed by atoms with van der Waals surface area (Å²) in [4.78, 5) is 29.2. The first-order valence-electron chi connectivity index (χ1n) is 14.0. The third-order valence-electron chi connectivity index (χ3n) is 6.66. The van der Waals surface area contributed by atoms with Crippen LogP contribution in [-0.2, 0) is 29.0 Å². The van der Waals surface area contributed by atoms with Crippen molar-refractivity contribution in [2.75, 3.05) is 19.8 Å². The molecule has 0 aliphatic heterocycles. The number of aryl methyl sites for hydroxylation is 2. The molecule has 3 aromatic carbocycles. The van der Waals surface area contributed by atoms with Gasteiger partial charge < -0.3 is 19.7 Å². The van der Waals surface area contributed by atoms with Gasteiger partial charge in [0, 0.05) is 25.9 Å². The number of amides is 2. The summed E-state index contributed by atoms with van der Waals surface area (Å²) in [5, 5.41) is 3.04. The van der Waals surface area contributed by atoms with Gasteiger partial charge >= 0.3 is 0 Å². The van der Waals surface area contributed by atoms with Crippen LogP contribution in [0.5, 0.6) is 11.5 Å². The highest BCUT2D eigenvalue weighted by atomic mass is 16.5. The second kappa shape index (κ2) is 15.6. The van der Waals surface area contributed by atoms with Gasteiger partial charge in [-0.3, -0.25) is 9.59 Å². The van der Waals surface area contributed by atoms with E-state index in [0.29, 0.717) is 50.6 Å². The van der Waals surface area contributed by atoms with Gasteiger partial charge in [0.05, 0.1) is 13.2 Å². The number of carbonyl (C=O) groups excluding carboxylic acids is 2. The third-order valence-corrected chi connectivity index (χ3v) is 6.66. The van der Waals surface area contributed by atoms with Crippen LogP contribution < -0.4 is 14.8 Å². The van der Waals surface area contributed by atoms with Crippen LogP contribution in [0.25, 0.3) is 0 Å². The smallest absolute Gasteiger partial charge is 0.243 e. The number of rotatable bonds is 15. The van der Waals surface area contributed by atoms with E-state index in [1.54, 1.807) is 4.90 Å². The zero-order valence-corrected chi connectivity index (χ0v) is 23.7. The van der Waals surface area contributed by atoms with Gasteiger partial charge in [-0.25, -0.2) is 0 Å². The molecule has 1 atom stereocenters. The van der Waals surface area contributed by atoms with Crippen LogP contribution in [0.15, 0.2) is 72.8 Å². The molecular weight excluding hydrogens is 488 g/mol. The van der Waals surface area contributed by atoms with Gasteiger partial charge in [0.15, 0.2) is 11.5 Å². The second-order valence-corrected chi connectivity index (χ2v) is 9.59. The molecule has 0 aliphatic rings. The molecule has 0 unspecified atom stereocenters. The first kappa shape index (κ1) is 29.8. The Morgan fingerprint density at radius 1 is 0.846 bits per heavy atom. The molecule has 208 valence electrons. The number of ether oxygens (including phenoxy) is 2. The summed E-state index contributed by atoms with van der Waals surface area (Å²) in [7, 11) is 0. The fourth-order valence-corrected chi connectivity index (χ4v) is 4.54. The average Bonchev–Trinajstić information content (AvgIpc) is 2.95. The minimum absolute atomic E-state index is 0.0577. The SMILES string of the molecule is CCCNC(=O)[C@@H](Cc1ccccc1)N(Cc1ccccc1C)C(=O)CCc1ccc(OCC)c(OCC)c1. The van der Waals surface area contributed by atoms with Crippen LogP contribution in [0.1, 0.15) is 55.9 Å². The molecular formula is C33H42N2O4. The summed E-state index contributed by atoms with van der Waals surface area (Å²) in [6, 6.07) is 23.1. The van der Waals surface area contributed by atoms with Gasteiger partial charge in [-0.1, -0.05) is 67.6 Å². The molecule has 3 aromatic rings. The molecule has 39 heavy (non-hydrogen) atoms. The first-order valence-corrected chi connectivity index (χ1v) is 14.0. The number of hydrogen-bond donors (Lipinski definition) is 1. The number of benzene rings is 3. The Kier molecular flexibility index (Phi) is 11.9. The first-order chi connectivity index (χ1) is 19.0. The van der Waals surface area contributed by atoms with Crippen LogP contribution in [-0.4, -0.2) is 42.5 Å². The van der Waals surface area contributed by atoms with E-state index in [9.17, 15) is 9.59 Å². The van der Waals surface area contributed by atoms with Gasteiger partial charge in [0.1, 0.15) is 6.04 Å². The summed E-state index contributed by atoms with van der Waals surface area (Å²) in [5.74, 6) is 1.20. The molecule has 1 N–H and O–H groups in total. The zero-order chi connectivity index (χ0) is 28.0. The summed E-state index contributed by atoms with van der Waals surface area (Å²) >= 11 is 0. The van der Waals surface area contributed by atoms with E-state index in [4.69, 9.17) is 9.47 Å². The van der Waals surface area contributed by atoms with E-state index < -0.39 is 6.04 Å². The lowest BCUT2D eigenvalue weighted by Crippen LogP contribution is -2.50. The molecule has 3 rings (SSSR count). The van der Waals surface area contributed by atoms with Crippen LogP contribution in [0, 0.1) is 6.92 Å². The summed E-state index contributed by atoms with van der Waals surface area (Å²) in [6.45, 7) is 9.96. The van der Waals surface area contributed by atoms with E-state index in [0.717, 1.165) is 28.7 Å². The van der Waals surface area contributed by atoms with Gasteiger partial charge in [-0.05, 0) is 68.0 Å². The number of carbonyl (C=O) groups is 2. The lowest BCUT2D eigenvalue weighted by molar-refractivity contribution is -0.141. The average molecular weight is 531 g/mol. The highest BCUT2D eigenvalue weighted by Gasteiger charge is 2.30. The van der Waals surface area contributed by atoms with Crippen molar-refractivity contribution in [3.05, 3.63) is 95.1 Å². The second-order valence-electron chi connectivity index (χ2n) is 9.59. The lowest BCUT2D eigenvalue weighted by atomic mass is 10.00. The minimum atomic E-state index is -0.620. The Balaban J connectivity index is 1.89. The molecule has 0 aromatic heterocycles. The van der Waals surface area contributed by atoms with Crippen LogP contribution in [0.4, 0.5) is 0 Å². The van der Waals surface area contributed by atoms with Crippen LogP contribution in [0.3, 0.4) is 0 Å². The molecule has 0 saturated heterocycles. The highest BCUT2D eigenvalue weighted by molar-refractivity contribution is 5.88. The Morgan fingerprint density at radius 3 is 2.23 bits per heavy atom. The number of hydrogen-bond acceptors (Lipinski definition) is 4. The van der Waals surface area contributed by atoms with E-state index in [1.807, 2.05) is 100 Å². The molecule has 0 saturated carbocycles. The summed E-state index contributed by atoms with van der Waals surface area (Å²) in [6.07, 6.45) is 2.09. The standard InChI is InChI=1S/C33H42N2O4/c1-5-21-34-33(37)29(22-26-14-9-8-10-15-26)35(24-28-16-12-11-13-25(28)4)32(36)20-18-27-17-19-30(38-6-2)31(23-27)39-7-3/h8-17,19,23,29H,5-7,18,20-22,24H2,1-4H3,(H,34,37)/t29-/m1/s1. The van der Waals surface area contributed by atoms with Crippen LogP contribution >= 0.6 is 0 Å². The predicted molar refractivity (Wildman–Crippen MR) is 156 cm³/mol. The van der Waals surface area contributed by atoms with Crippen molar-refractivity contribution >= 4 is 11.8 Å². The molecule has 6 heteroatoms. The van der Waals surface area contributed by atoms with Crippen LogP contribution in [0.2, 0.25) is 0 Å². The predicted octanol–water partition coefficient (Wildman–Crippen LogP) is 5.89. The topological polar surface area (TPSA) is 67.9 Å². The Hall–Kier alpha value is -3.80. The minimum Gasteiger partial charge on any atom is -0.490 e. The van der Waals surface area contributed by atoms with Crippen molar-refractivity contribution < 1.29 is 19.1 Å². The Morgan fingerprint density at radius 2 is 1.54 bits per heavy atom. The van der Waals surface area contributed by atoms with Crippen molar-refractivity contribution in [1.29, 1.82) is 0 Å². The lowest BCUT2D eigenvalue weighted by Gasteiger charge is -2.32. The molecule has 0 radical (unpaired) electrons. The van der Waals surface area contributed by atoms with Gasteiger partial charge in [-0.2, -0.15) is 0 Å². The summed E-state index contributed by atoms with van der Waals surface area (Å²) < 4.78 is 11.5. The van der Waals surface area contributed by atoms with Crippen molar-refractivity contribution in [3.63, 3.8) is 0 Å². The summed E-state index contributed by atoms with van der Waals surface area (Å²) in [5.41, 5.74) is 4.13. The van der Waals surface area contributed by atoms with Crippen molar-refractivity contribution in [3.8, 4) is 11.5 Å². The van der Waals surface area contributed by atoms with Gasteiger partial charge in [-0.15, -0.1) is 0 Å². The monoisotopic (exact) mass is 530 g/mol. The maximum absolute atomic E-state index is 13.9. The maximum Gasteiger partial charge on any atom is 0.243 e. The molecule has 0 spiro atoms. The van der Waals surface area contributed by atoms with E-state index in [2.05, 4.69) is 5.32 Å². The quantitative estimate of drug-likeness (QED) is 0.266. The maximum atomic E-state index is 13.9. The van der Waals surface area contributed by atoms with Gasteiger partial charge in [0.2, 0.25) is 11.8 Å². The van der Waals surface area contributed by atoms with Crippen molar-refractivity contribution in [2.24, 2.45) is 0 Å². The molecule has 0 fully saturated rings. The Labute approximate surface area is 233 Å². The molecule has 2 amide bonds. The van der Waals surface area contributed by atoms with E-state index >= 15 is 0 Å².